The Balaban J connectivity index is 1.52. The van der Waals surface area contributed by atoms with Crippen molar-refractivity contribution in [2.24, 2.45) is 5.10 Å². The van der Waals surface area contributed by atoms with Gasteiger partial charge in [-0.2, -0.15) is 16.9 Å². The van der Waals surface area contributed by atoms with Gasteiger partial charge in [0.1, 0.15) is 24.2 Å². The lowest BCUT2D eigenvalue weighted by Crippen LogP contribution is -2.39. The summed E-state index contributed by atoms with van der Waals surface area (Å²) in [7, 11) is -1.46. The van der Waals surface area contributed by atoms with E-state index in [1.165, 1.54) is 50.8 Å². The highest BCUT2D eigenvalue weighted by Gasteiger charge is 2.28. The van der Waals surface area contributed by atoms with Crippen LogP contribution in [0.1, 0.15) is 5.56 Å². The van der Waals surface area contributed by atoms with Crippen molar-refractivity contribution in [3.05, 3.63) is 78.1 Å². The standard InChI is InChI=1S/C26H26FN3O6S2/c1-34-24-11-10-23(13-25(24)35-2)38(32,33)30(20-8-6-19(27)7-9-20)15-26(31)29-28-14-18-4-3-5-21(12-18)36-22-16-37-17-22/h3-14,22H,15-17H2,1-2H3,(H,29,31)/b28-14+. The van der Waals surface area contributed by atoms with Gasteiger partial charge in [0.15, 0.2) is 11.5 Å². The summed E-state index contributed by atoms with van der Waals surface area (Å²) in [6, 6.07) is 16.1. The minimum Gasteiger partial charge on any atom is -0.493 e. The molecule has 38 heavy (non-hydrogen) atoms. The van der Waals surface area contributed by atoms with E-state index in [1.54, 1.807) is 12.1 Å². The first-order valence-corrected chi connectivity index (χ1v) is 14.1. The van der Waals surface area contributed by atoms with Crippen LogP contribution < -0.4 is 23.9 Å². The number of benzene rings is 3. The molecule has 12 heteroatoms. The lowest BCUT2D eigenvalue weighted by molar-refractivity contribution is -0.119. The molecule has 9 nitrogen and oxygen atoms in total. The van der Waals surface area contributed by atoms with Crippen molar-refractivity contribution >= 4 is 39.6 Å². The van der Waals surface area contributed by atoms with Crippen LogP contribution in [0.15, 0.2) is 76.7 Å². The first-order valence-electron chi connectivity index (χ1n) is 11.5. The van der Waals surface area contributed by atoms with Crippen LogP contribution in [-0.4, -0.2) is 58.9 Å². The molecule has 0 saturated carbocycles. The molecular weight excluding hydrogens is 533 g/mol. The van der Waals surface area contributed by atoms with E-state index < -0.39 is 28.3 Å². The highest BCUT2D eigenvalue weighted by molar-refractivity contribution is 8.00. The zero-order chi connectivity index (χ0) is 27.1. The average molecular weight is 560 g/mol. The number of nitrogens with zero attached hydrogens (tertiary/aromatic N) is 2. The molecule has 1 N–H and O–H groups in total. The Kier molecular flexibility index (Phi) is 8.74. The molecule has 4 rings (SSSR count). The van der Waals surface area contributed by atoms with Gasteiger partial charge in [0.25, 0.3) is 15.9 Å². The van der Waals surface area contributed by atoms with Crippen molar-refractivity contribution in [2.75, 3.05) is 36.6 Å². The van der Waals surface area contributed by atoms with E-state index in [0.29, 0.717) is 17.1 Å². The summed E-state index contributed by atoms with van der Waals surface area (Å²) in [6.07, 6.45) is 1.63. The molecule has 0 atom stereocenters. The number of methoxy groups -OCH3 is 2. The largest absolute Gasteiger partial charge is 0.493 e. The summed E-state index contributed by atoms with van der Waals surface area (Å²) in [6.45, 7) is -0.609. The molecule has 0 radical (unpaired) electrons. The van der Waals surface area contributed by atoms with Crippen molar-refractivity contribution in [1.29, 1.82) is 0 Å². The van der Waals surface area contributed by atoms with E-state index in [-0.39, 0.29) is 22.4 Å². The van der Waals surface area contributed by atoms with Crippen molar-refractivity contribution in [1.82, 2.24) is 5.43 Å². The molecular formula is C26H26FN3O6S2. The van der Waals surface area contributed by atoms with Crippen molar-refractivity contribution < 1.29 is 31.8 Å². The van der Waals surface area contributed by atoms with E-state index >= 15 is 0 Å². The number of anilines is 1. The van der Waals surface area contributed by atoms with E-state index in [2.05, 4.69) is 10.5 Å². The number of amides is 1. The third-order valence-electron chi connectivity index (χ3n) is 5.52. The van der Waals surface area contributed by atoms with E-state index in [9.17, 15) is 17.6 Å². The topological polar surface area (TPSA) is 107 Å². The highest BCUT2D eigenvalue weighted by atomic mass is 32.2. The summed E-state index contributed by atoms with van der Waals surface area (Å²) < 4.78 is 57.8. The maximum atomic E-state index is 13.6. The Hall–Kier alpha value is -3.77. The van der Waals surface area contributed by atoms with Crippen LogP contribution >= 0.6 is 11.8 Å². The fraction of sp³-hybridized carbons (Fsp3) is 0.231. The number of thioether (sulfide) groups is 1. The van der Waals surface area contributed by atoms with Crippen LogP contribution in [0.5, 0.6) is 17.2 Å². The summed E-state index contributed by atoms with van der Waals surface area (Å²) in [5, 5.41) is 3.96. The van der Waals surface area contributed by atoms with Crippen molar-refractivity contribution in [3.63, 3.8) is 0 Å². The fourth-order valence-corrected chi connectivity index (χ4v) is 5.52. The first-order chi connectivity index (χ1) is 18.3. The minimum atomic E-state index is -4.27. The van der Waals surface area contributed by atoms with Gasteiger partial charge in [-0.05, 0) is 54.1 Å². The lowest BCUT2D eigenvalue weighted by atomic mass is 10.2. The molecule has 0 unspecified atom stereocenters. The summed E-state index contributed by atoms with van der Waals surface area (Å²) in [5.74, 6) is 1.89. The Morgan fingerprint density at radius 1 is 1.08 bits per heavy atom. The van der Waals surface area contributed by atoms with Crippen LogP contribution in [0.3, 0.4) is 0 Å². The minimum absolute atomic E-state index is 0.0966. The normalized spacial score (nSPS) is 13.6. The summed E-state index contributed by atoms with van der Waals surface area (Å²) >= 11 is 1.82. The summed E-state index contributed by atoms with van der Waals surface area (Å²) in [4.78, 5) is 12.6. The van der Waals surface area contributed by atoms with Gasteiger partial charge >= 0.3 is 0 Å². The molecule has 1 fully saturated rings. The van der Waals surface area contributed by atoms with E-state index in [4.69, 9.17) is 14.2 Å². The second-order valence-electron chi connectivity index (χ2n) is 8.15. The second kappa shape index (κ2) is 12.2. The summed E-state index contributed by atoms with van der Waals surface area (Å²) in [5.41, 5.74) is 3.15. The lowest BCUT2D eigenvalue weighted by Gasteiger charge is -2.25. The predicted molar refractivity (Wildman–Crippen MR) is 144 cm³/mol. The fourth-order valence-electron chi connectivity index (χ4n) is 3.51. The molecule has 3 aromatic rings. The molecule has 1 aliphatic heterocycles. The van der Waals surface area contributed by atoms with Gasteiger partial charge in [0, 0.05) is 17.6 Å². The second-order valence-corrected chi connectivity index (χ2v) is 11.1. The monoisotopic (exact) mass is 559 g/mol. The number of carbonyl (C=O) groups is 1. The zero-order valence-electron chi connectivity index (χ0n) is 20.7. The molecule has 1 heterocycles. The predicted octanol–water partition coefficient (Wildman–Crippen LogP) is 3.68. The van der Waals surface area contributed by atoms with Crippen LogP contribution in [0, 0.1) is 5.82 Å². The Morgan fingerprint density at radius 3 is 2.47 bits per heavy atom. The van der Waals surface area contributed by atoms with Gasteiger partial charge < -0.3 is 14.2 Å². The van der Waals surface area contributed by atoms with Crippen LogP contribution in [0.25, 0.3) is 0 Å². The SMILES string of the molecule is COc1ccc(S(=O)(=O)N(CC(=O)N/N=C/c2cccc(OC3CSC3)c2)c2ccc(F)cc2)cc1OC. The van der Waals surface area contributed by atoms with E-state index in [0.717, 1.165) is 27.9 Å². The molecule has 200 valence electrons. The van der Waals surface area contributed by atoms with Gasteiger partial charge in [-0.25, -0.2) is 18.2 Å². The van der Waals surface area contributed by atoms with Gasteiger partial charge in [0.05, 0.1) is 31.0 Å². The number of halogens is 1. The number of hydrazone groups is 1. The molecule has 0 spiro atoms. The van der Waals surface area contributed by atoms with Gasteiger partial charge in [-0.1, -0.05) is 12.1 Å². The molecule has 3 aromatic carbocycles. The maximum Gasteiger partial charge on any atom is 0.264 e. The first kappa shape index (κ1) is 27.3. The Bertz CT molecular complexity index is 1410. The van der Waals surface area contributed by atoms with Gasteiger partial charge in [0.2, 0.25) is 0 Å². The third-order valence-corrected chi connectivity index (χ3v) is 8.50. The molecule has 0 bridgehead atoms. The van der Waals surface area contributed by atoms with Gasteiger partial charge in [-0.3, -0.25) is 9.10 Å². The zero-order valence-corrected chi connectivity index (χ0v) is 22.3. The number of hydrogen-bond donors (Lipinski definition) is 1. The van der Waals surface area contributed by atoms with Crippen molar-refractivity contribution in [2.45, 2.75) is 11.0 Å². The van der Waals surface area contributed by atoms with Crippen LogP contribution in [0.2, 0.25) is 0 Å². The Morgan fingerprint density at radius 2 is 1.82 bits per heavy atom. The smallest absolute Gasteiger partial charge is 0.264 e. The number of ether oxygens (including phenoxy) is 3. The number of nitrogens with one attached hydrogen (secondary N) is 1. The van der Waals surface area contributed by atoms with Crippen LogP contribution in [-0.2, 0) is 14.8 Å². The molecule has 1 saturated heterocycles. The highest BCUT2D eigenvalue weighted by Crippen LogP contribution is 2.32. The van der Waals surface area contributed by atoms with Crippen molar-refractivity contribution in [3.8, 4) is 17.2 Å². The van der Waals surface area contributed by atoms with E-state index in [1.807, 2.05) is 23.9 Å². The van der Waals surface area contributed by atoms with Crippen LogP contribution in [0.4, 0.5) is 10.1 Å². The number of carbonyl (C=O) groups excluding carboxylic acids is 1. The Labute approximate surface area is 224 Å². The van der Waals surface area contributed by atoms with Gasteiger partial charge in [-0.15, -0.1) is 0 Å². The number of rotatable bonds is 11. The number of sulfonamides is 1. The molecule has 0 aromatic heterocycles. The maximum absolute atomic E-state index is 13.6. The quantitative estimate of drug-likeness (QED) is 0.282. The third kappa shape index (κ3) is 6.56. The average Bonchev–Trinajstić information content (AvgIpc) is 2.89. The molecule has 0 aliphatic carbocycles. The molecule has 1 aliphatic rings. The molecule has 1 amide bonds. The number of hydrogen-bond acceptors (Lipinski definition) is 8.